The van der Waals surface area contributed by atoms with Gasteiger partial charge in [-0.3, -0.25) is 19.7 Å². The van der Waals surface area contributed by atoms with Crippen LogP contribution in [0.15, 0.2) is 0 Å². The van der Waals surface area contributed by atoms with E-state index in [1.165, 1.54) is 38.5 Å². The van der Waals surface area contributed by atoms with Gasteiger partial charge in [0.05, 0.1) is 6.42 Å². The summed E-state index contributed by atoms with van der Waals surface area (Å²) in [7, 11) is 0. The summed E-state index contributed by atoms with van der Waals surface area (Å²) in [5, 5.41) is 28.1. The van der Waals surface area contributed by atoms with Crippen LogP contribution in [-0.2, 0) is 9.59 Å². The van der Waals surface area contributed by atoms with Crippen LogP contribution in [0.2, 0.25) is 0 Å². The van der Waals surface area contributed by atoms with E-state index in [0.29, 0.717) is 6.42 Å². The molecule has 0 amide bonds. The van der Waals surface area contributed by atoms with Gasteiger partial charge < -0.3 is 10.2 Å². The number of rotatable bonds is 20. The van der Waals surface area contributed by atoms with E-state index in [2.05, 4.69) is 0 Å². The summed E-state index contributed by atoms with van der Waals surface area (Å²) < 4.78 is 0. The summed E-state index contributed by atoms with van der Waals surface area (Å²) in [5.74, 6) is -1.68. The van der Waals surface area contributed by atoms with Gasteiger partial charge in [-0.15, -0.1) is 0 Å². The molecule has 0 saturated heterocycles. The molecule has 0 spiro atoms. The maximum atomic E-state index is 10.9. The maximum absolute atomic E-state index is 10.9. The number of aliphatic carboxylic acids is 2. The Morgan fingerprint density at radius 1 is 0.630 bits per heavy atom. The van der Waals surface area contributed by atoms with Crippen molar-refractivity contribution in [3.63, 3.8) is 0 Å². The van der Waals surface area contributed by atoms with Crippen molar-refractivity contribution in [3.8, 4) is 0 Å². The summed E-state index contributed by atoms with van der Waals surface area (Å²) in [6.45, 7) is 0. The Morgan fingerprint density at radius 3 is 1.37 bits per heavy atom. The average Bonchev–Trinajstić information content (AvgIpc) is 2.59. The lowest BCUT2D eigenvalue weighted by Gasteiger charge is -2.08. The van der Waals surface area contributed by atoms with E-state index in [9.17, 15) is 19.7 Å². The topological polar surface area (TPSA) is 118 Å². The van der Waals surface area contributed by atoms with Crippen molar-refractivity contribution in [2.24, 2.45) is 0 Å². The second kappa shape index (κ2) is 17.7. The zero-order valence-electron chi connectivity index (χ0n) is 16.6. The van der Waals surface area contributed by atoms with Gasteiger partial charge in [0.25, 0.3) is 0 Å². The van der Waals surface area contributed by atoms with Crippen LogP contribution >= 0.6 is 0 Å². The third kappa shape index (κ3) is 18.9. The first-order chi connectivity index (χ1) is 12.9. The second-order valence-electron chi connectivity index (χ2n) is 7.40. The molecular weight excluding hydrogens is 350 g/mol. The Hall–Kier alpha value is -1.66. The highest BCUT2D eigenvalue weighted by molar-refractivity contribution is 5.66. The zero-order chi connectivity index (χ0) is 20.3. The highest BCUT2D eigenvalue weighted by Crippen LogP contribution is 2.15. The Balaban J connectivity index is 3.33. The van der Waals surface area contributed by atoms with Crippen LogP contribution in [0.25, 0.3) is 0 Å². The lowest BCUT2D eigenvalue weighted by Crippen LogP contribution is -2.20. The van der Waals surface area contributed by atoms with Crippen LogP contribution in [0.3, 0.4) is 0 Å². The second-order valence-corrected chi connectivity index (χ2v) is 7.40. The Kier molecular flexibility index (Phi) is 16.6. The van der Waals surface area contributed by atoms with Gasteiger partial charge in [0.15, 0.2) is 0 Å². The molecular formula is C20H37NO6. The first-order valence-corrected chi connectivity index (χ1v) is 10.5. The maximum Gasteiger partial charge on any atom is 0.303 e. The fourth-order valence-electron chi connectivity index (χ4n) is 3.25. The third-order valence-corrected chi connectivity index (χ3v) is 4.92. The standard InChI is InChI=1S/C20H37NO6/c22-19(23)15-13-11-9-7-5-3-1-2-4-6-8-10-12-14-18(21(26)27)16-17-20(24)25/h18H,1-17H2,(H,22,23)(H,24,25). The van der Waals surface area contributed by atoms with E-state index in [0.717, 1.165) is 44.9 Å². The number of carboxylic acid groups (broad SMARTS) is 2. The number of unbranched alkanes of at least 4 members (excludes halogenated alkanes) is 12. The Morgan fingerprint density at radius 2 is 1.00 bits per heavy atom. The third-order valence-electron chi connectivity index (χ3n) is 4.92. The Labute approximate surface area is 162 Å². The van der Waals surface area contributed by atoms with E-state index in [-0.39, 0.29) is 24.2 Å². The molecule has 0 aromatic carbocycles. The Bertz CT molecular complexity index is 413. The largest absolute Gasteiger partial charge is 0.481 e. The van der Waals surface area contributed by atoms with Gasteiger partial charge in [0, 0.05) is 24.2 Å². The molecule has 0 aromatic rings. The fourth-order valence-corrected chi connectivity index (χ4v) is 3.25. The van der Waals surface area contributed by atoms with Gasteiger partial charge in [-0.2, -0.15) is 0 Å². The minimum absolute atomic E-state index is 0.127. The fraction of sp³-hybridized carbons (Fsp3) is 0.900. The highest BCUT2D eigenvalue weighted by atomic mass is 16.6. The van der Waals surface area contributed by atoms with Crippen LogP contribution in [-0.4, -0.2) is 33.1 Å². The number of nitrogens with zero attached hydrogens (tertiary/aromatic N) is 1. The molecule has 0 aromatic heterocycles. The molecule has 0 saturated carbocycles. The van der Waals surface area contributed by atoms with Crippen molar-refractivity contribution in [1.29, 1.82) is 0 Å². The van der Waals surface area contributed by atoms with Gasteiger partial charge in [-0.1, -0.05) is 70.6 Å². The lowest BCUT2D eigenvalue weighted by molar-refractivity contribution is -0.524. The highest BCUT2D eigenvalue weighted by Gasteiger charge is 2.20. The summed E-state index contributed by atoms with van der Waals surface area (Å²) in [5.41, 5.74) is 0. The van der Waals surface area contributed by atoms with Crippen molar-refractivity contribution >= 4 is 11.9 Å². The van der Waals surface area contributed by atoms with Crippen molar-refractivity contribution in [2.45, 2.75) is 115 Å². The van der Waals surface area contributed by atoms with Crippen molar-refractivity contribution in [2.75, 3.05) is 0 Å². The molecule has 1 unspecified atom stereocenters. The smallest absolute Gasteiger partial charge is 0.303 e. The summed E-state index contributed by atoms with van der Waals surface area (Å²) >= 11 is 0. The van der Waals surface area contributed by atoms with Crippen LogP contribution in [0.4, 0.5) is 0 Å². The predicted molar refractivity (Wildman–Crippen MR) is 105 cm³/mol. The van der Waals surface area contributed by atoms with Crippen molar-refractivity contribution in [1.82, 2.24) is 0 Å². The van der Waals surface area contributed by atoms with E-state index >= 15 is 0 Å². The molecule has 27 heavy (non-hydrogen) atoms. The number of carboxylic acids is 2. The van der Waals surface area contributed by atoms with E-state index in [1.54, 1.807) is 0 Å². The summed E-state index contributed by atoms with van der Waals surface area (Å²) in [6, 6.07) is -0.717. The SMILES string of the molecule is O=C(O)CCCCCCCCCCCCCCCC(CCC(=O)O)[N+](=O)[O-]. The molecule has 0 aliphatic rings. The molecule has 0 aliphatic carbocycles. The van der Waals surface area contributed by atoms with E-state index < -0.39 is 18.0 Å². The minimum Gasteiger partial charge on any atom is -0.481 e. The van der Waals surface area contributed by atoms with Crippen molar-refractivity contribution in [3.05, 3.63) is 10.1 Å². The number of carbonyl (C=O) groups is 2. The average molecular weight is 388 g/mol. The predicted octanol–water partition coefficient (Wildman–Crippen LogP) is 5.43. The molecule has 0 fully saturated rings. The zero-order valence-corrected chi connectivity index (χ0v) is 16.6. The quantitative estimate of drug-likeness (QED) is 0.163. The van der Waals surface area contributed by atoms with E-state index in [1.807, 2.05) is 0 Å². The van der Waals surface area contributed by atoms with Crippen LogP contribution < -0.4 is 0 Å². The van der Waals surface area contributed by atoms with Gasteiger partial charge >= 0.3 is 11.9 Å². The molecule has 0 rings (SSSR count). The monoisotopic (exact) mass is 387 g/mol. The van der Waals surface area contributed by atoms with Crippen LogP contribution in [0, 0.1) is 10.1 Å². The molecule has 0 radical (unpaired) electrons. The van der Waals surface area contributed by atoms with Crippen molar-refractivity contribution < 1.29 is 24.7 Å². The summed E-state index contributed by atoms with van der Waals surface area (Å²) in [6.07, 6.45) is 15.1. The number of nitro groups is 1. The molecule has 0 heterocycles. The van der Waals surface area contributed by atoms with Gasteiger partial charge in [-0.25, -0.2) is 0 Å². The first-order valence-electron chi connectivity index (χ1n) is 10.5. The molecule has 1 atom stereocenters. The van der Waals surface area contributed by atoms with Gasteiger partial charge in [0.2, 0.25) is 6.04 Å². The van der Waals surface area contributed by atoms with Gasteiger partial charge in [-0.05, 0) is 12.8 Å². The first kappa shape index (κ1) is 25.3. The molecule has 0 bridgehead atoms. The molecule has 7 heteroatoms. The minimum atomic E-state index is -0.972. The van der Waals surface area contributed by atoms with Crippen LogP contribution in [0.5, 0.6) is 0 Å². The molecule has 0 aliphatic heterocycles. The summed E-state index contributed by atoms with van der Waals surface area (Å²) in [4.78, 5) is 31.4. The normalized spacial score (nSPS) is 12.0. The molecule has 7 nitrogen and oxygen atoms in total. The van der Waals surface area contributed by atoms with E-state index in [4.69, 9.17) is 10.2 Å². The van der Waals surface area contributed by atoms with Crippen LogP contribution in [0.1, 0.15) is 109 Å². The lowest BCUT2D eigenvalue weighted by atomic mass is 10.0. The number of hydrogen-bond donors (Lipinski definition) is 2. The number of hydrogen-bond acceptors (Lipinski definition) is 4. The molecule has 158 valence electrons. The molecule has 2 N–H and O–H groups in total. The van der Waals surface area contributed by atoms with Gasteiger partial charge in [0.1, 0.15) is 0 Å².